The van der Waals surface area contributed by atoms with Crippen molar-refractivity contribution >= 4 is 5.97 Å². The smallest absolute Gasteiger partial charge is 0.309 e. The number of rotatable bonds is 10. The van der Waals surface area contributed by atoms with Crippen molar-refractivity contribution in [2.24, 2.45) is 5.41 Å². The molecule has 0 radical (unpaired) electrons. The molecule has 0 aliphatic rings. The maximum atomic E-state index is 10.7. The molecule has 0 rings (SSSR count). The first-order chi connectivity index (χ1) is 8.92. The number of hydrogen-bond donors (Lipinski definition) is 4. The Balaban J connectivity index is 0. The SMILES string of the molecule is CCCCCCC(C)(C)C(=O)O.OCCNCCO. The first-order valence-electron chi connectivity index (χ1n) is 7.08. The number of aliphatic hydroxyl groups is 2. The Hall–Kier alpha value is -0.650. The minimum absolute atomic E-state index is 0.139. The maximum absolute atomic E-state index is 10.7. The average molecular weight is 277 g/mol. The van der Waals surface area contributed by atoms with Gasteiger partial charge < -0.3 is 20.6 Å². The van der Waals surface area contributed by atoms with E-state index in [9.17, 15) is 4.79 Å². The minimum Gasteiger partial charge on any atom is -0.481 e. The van der Waals surface area contributed by atoms with Crippen LogP contribution < -0.4 is 5.32 Å². The predicted molar refractivity (Wildman–Crippen MR) is 77.2 cm³/mol. The third kappa shape index (κ3) is 15.3. The molecule has 0 saturated heterocycles. The van der Waals surface area contributed by atoms with Crippen LogP contribution in [-0.2, 0) is 4.79 Å². The van der Waals surface area contributed by atoms with Gasteiger partial charge in [-0.15, -0.1) is 0 Å². The molecule has 0 atom stereocenters. The fourth-order valence-corrected chi connectivity index (χ4v) is 1.38. The lowest BCUT2D eigenvalue weighted by molar-refractivity contribution is -0.147. The molecular weight excluding hydrogens is 246 g/mol. The highest BCUT2D eigenvalue weighted by molar-refractivity contribution is 5.73. The van der Waals surface area contributed by atoms with E-state index in [2.05, 4.69) is 12.2 Å². The molecule has 116 valence electrons. The third-order valence-electron chi connectivity index (χ3n) is 2.81. The van der Waals surface area contributed by atoms with Crippen molar-refractivity contribution in [1.82, 2.24) is 5.32 Å². The zero-order valence-electron chi connectivity index (χ0n) is 12.6. The second-order valence-electron chi connectivity index (χ2n) is 5.20. The van der Waals surface area contributed by atoms with Crippen molar-refractivity contribution in [2.75, 3.05) is 26.3 Å². The van der Waals surface area contributed by atoms with Gasteiger partial charge in [-0.25, -0.2) is 0 Å². The molecule has 0 aromatic carbocycles. The van der Waals surface area contributed by atoms with E-state index in [1.165, 1.54) is 12.8 Å². The molecule has 0 heterocycles. The summed E-state index contributed by atoms with van der Waals surface area (Å²) in [5.41, 5.74) is -0.534. The van der Waals surface area contributed by atoms with Gasteiger partial charge in [0, 0.05) is 13.1 Å². The normalized spacial score (nSPS) is 10.8. The van der Waals surface area contributed by atoms with Gasteiger partial charge in [-0.3, -0.25) is 4.79 Å². The Labute approximate surface area is 117 Å². The summed E-state index contributed by atoms with van der Waals surface area (Å²) in [6.07, 6.45) is 5.41. The lowest BCUT2D eigenvalue weighted by Crippen LogP contribution is -2.23. The highest BCUT2D eigenvalue weighted by Crippen LogP contribution is 2.23. The molecule has 0 amide bonds. The number of aliphatic hydroxyl groups excluding tert-OH is 2. The number of nitrogens with one attached hydrogen (secondary N) is 1. The number of carboxylic acids is 1. The van der Waals surface area contributed by atoms with E-state index in [1.807, 2.05) is 0 Å². The highest BCUT2D eigenvalue weighted by atomic mass is 16.4. The van der Waals surface area contributed by atoms with Crippen LogP contribution in [0.2, 0.25) is 0 Å². The molecule has 0 saturated carbocycles. The Bertz CT molecular complexity index is 204. The second-order valence-corrected chi connectivity index (χ2v) is 5.20. The summed E-state index contributed by atoms with van der Waals surface area (Å²) in [6.45, 7) is 7.16. The van der Waals surface area contributed by atoms with Gasteiger partial charge in [0.1, 0.15) is 0 Å². The highest BCUT2D eigenvalue weighted by Gasteiger charge is 2.25. The summed E-state index contributed by atoms with van der Waals surface area (Å²) in [5, 5.41) is 27.9. The van der Waals surface area contributed by atoms with Crippen molar-refractivity contribution in [1.29, 1.82) is 0 Å². The van der Waals surface area contributed by atoms with E-state index < -0.39 is 11.4 Å². The summed E-state index contributed by atoms with van der Waals surface area (Å²) in [4.78, 5) is 10.7. The van der Waals surface area contributed by atoms with Gasteiger partial charge in [-0.05, 0) is 20.3 Å². The van der Waals surface area contributed by atoms with Crippen molar-refractivity contribution < 1.29 is 20.1 Å². The van der Waals surface area contributed by atoms with Gasteiger partial charge in [-0.2, -0.15) is 0 Å². The van der Waals surface area contributed by atoms with Gasteiger partial charge in [0.2, 0.25) is 0 Å². The monoisotopic (exact) mass is 277 g/mol. The lowest BCUT2D eigenvalue weighted by Gasteiger charge is -2.18. The molecule has 0 aromatic heterocycles. The number of carbonyl (C=O) groups is 1. The van der Waals surface area contributed by atoms with E-state index >= 15 is 0 Å². The first-order valence-corrected chi connectivity index (χ1v) is 7.08. The standard InChI is InChI=1S/C10H20O2.C4H11NO2/c1-4-5-6-7-8-10(2,3)9(11)12;6-3-1-5-2-4-7/h4-8H2,1-3H3,(H,11,12);5-7H,1-4H2. The molecule has 0 bridgehead atoms. The second kappa shape index (κ2) is 13.8. The number of aliphatic carboxylic acids is 1. The molecule has 0 aliphatic heterocycles. The summed E-state index contributed by atoms with van der Waals surface area (Å²) in [7, 11) is 0. The van der Waals surface area contributed by atoms with E-state index in [0.717, 1.165) is 19.3 Å². The number of hydrogen-bond acceptors (Lipinski definition) is 4. The molecule has 0 aliphatic carbocycles. The van der Waals surface area contributed by atoms with Crippen LogP contribution in [0.5, 0.6) is 0 Å². The Morgan fingerprint density at radius 2 is 1.58 bits per heavy atom. The summed E-state index contributed by atoms with van der Waals surface area (Å²) in [5.74, 6) is -0.681. The fraction of sp³-hybridized carbons (Fsp3) is 0.929. The van der Waals surface area contributed by atoms with E-state index in [-0.39, 0.29) is 13.2 Å². The number of unbranched alkanes of at least 4 members (excludes halogenated alkanes) is 3. The van der Waals surface area contributed by atoms with Crippen molar-refractivity contribution in [3.8, 4) is 0 Å². The molecule has 0 unspecified atom stereocenters. The fourth-order valence-electron chi connectivity index (χ4n) is 1.38. The van der Waals surface area contributed by atoms with Gasteiger partial charge in [-0.1, -0.05) is 32.6 Å². The molecule has 0 spiro atoms. The number of carboxylic acid groups (broad SMARTS) is 1. The Morgan fingerprint density at radius 3 is 1.95 bits per heavy atom. The topological polar surface area (TPSA) is 89.8 Å². The molecule has 19 heavy (non-hydrogen) atoms. The largest absolute Gasteiger partial charge is 0.481 e. The van der Waals surface area contributed by atoms with Crippen molar-refractivity contribution in [3.63, 3.8) is 0 Å². The van der Waals surface area contributed by atoms with E-state index in [0.29, 0.717) is 13.1 Å². The molecular formula is C14H31NO4. The van der Waals surface area contributed by atoms with Crippen molar-refractivity contribution in [2.45, 2.75) is 52.9 Å². The van der Waals surface area contributed by atoms with Crippen LogP contribution in [0.4, 0.5) is 0 Å². The third-order valence-corrected chi connectivity index (χ3v) is 2.81. The van der Waals surface area contributed by atoms with Gasteiger partial charge in [0.05, 0.1) is 18.6 Å². The molecule has 5 heteroatoms. The lowest BCUT2D eigenvalue weighted by atomic mass is 9.87. The Morgan fingerprint density at radius 1 is 1.05 bits per heavy atom. The summed E-state index contributed by atoms with van der Waals surface area (Å²) in [6, 6.07) is 0. The van der Waals surface area contributed by atoms with E-state index in [1.54, 1.807) is 13.8 Å². The molecule has 4 N–H and O–H groups in total. The molecule has 0 fully saturated rings. The van der Waals surface area contributed by atoms with Crippen LogP contribution in [0.15, 0.2) is 0 Å². The van der Waals surface area contributed by atoms with Crippen LogP contribution in [0.3, 0.4) is 0 Å². The van der Waals surface area contributed by atoms with Gasteiger partial charge in [0.25, 0.3) is 0 Å². The minimum atomic E-state index is -0.681. The van der Waals surface area contributed by atoms with Crippen LogP contribution in [0, 0.1) is 5.41 Å². The van der Waals surface area contributed by atoms with Crippen LogP contribution >= 0.6 is 0 Å². The zero-order chi connectivity index (χ0) is 15.1. The van der Waals surface area contributed by atoms with Crippen LogP contribution in [0.25, 0.3) is 0 Å². The molecule has 5 nitrogen and oxygen atoms in total. The molecule has 0 aromatic rings. The summed E-state index contributed by atoms with van der Waals surface area (Å²) >= 11 is 0. The predicted octanol–water partition coefficient (Wildman–Crippen LogP) is 1.63. The van der Waals surface area contributed by atoms with Crippen LogP contribution in [-0.4, -0.2) is 47.6 Å². The zero-order valence-corrected chi connectivity index (χ0v) is 12.6. The van der Waals surface area contributed by atoms with Crippen LogP contribution in [0.1, 0.15) is 52.9 Å². The van der Waals surface area contributed by atoms with Gasteiger partial charge in [0.15, 0.2) is 0 Å². The maximum Gasteiger partial charge on any atom is 0.309 e. The van der Waals surface area contributed by atoms with Gasteiger partial charge >= 0.3 is 5.97 Å². The summed E-state index contributed by atoms with van der Waals surface area (Å²) < 4.78 is 0. The van der Waals surface area contributed by atoms with Crippen molar-refractivity contribution in [3.05, 3.63) is 0 Å². The average Bonchev–Trinajstić information content (AvgIpc) is 2.36. The quantitative estimate of drug-likeness (QED) is 0.456. The van der Waals surface area contributed by atoms with E-state index in [4.69, 9.17) is 15.3 Å². The first kappa shape index (κ1) is 20.7. The Kier molecular flexibility index (Phi) is 15.0.